The minimum atomic E-state index is -0.659. The Morgan fingerprint density at radius 3 is 2.09 bits per heavy atom. The number of benzene rings is 2. The van der Waals surface area contributed by atoms with E-state index in [9.17, 15) is 9.59 Å². The second-order valence-electron chi connectivity index (χ2n) is 12.8. The van der Waals surface area contributed by atoms with E-state index in [0.29, 0.717) is 10.6 Å². The Labute approximate surface area is 283 Å². The van der Waals surface area contributed by atoms with Gasteiger partial charge in [-0.15, -0.1) is 23.5 Å². The molecule has 0 bridgehead atoms. The number of nitrogens with zero attached hydrogens (tertiary/aromatic N) is 3. The summed E-state index contributed by atoms with van der Waals surface area (Å²) >= 11 is 4.18. The maximum Gasteiger partial charge on any atom is 0.407 e. The SMILES string of the molecule is COC(=O)N[C@H](C(=O)N1CCC[C@H]1c1ncc(-c2ccc(-c3ccc(-c4cnc([C@@H]5CC6(CN5)SCCS6)[nH]4)cc3)cc2)[nH]1)C(C)C. The molecule has 4 N–H and O–H groups in total. The van der Waals surface area contributed by atoms with E-state index >= 15 is 0 Å². The number of likely N-dealkylation sites (tertiary alicyclic amines) is 1. The van der Waals surface area contributed by atoms with Crippen molar-refractivity contribution in [3.63, 3.8) is 0 Å². The van der Waals surface area contributed by atoms with E-state index in [4.69, 9.17) is 9.72 Å². The van der Waals surface area contributed by atoms with Crippen LogP contribution in [0.2, 0.25) is 0 Å². The van der Waals surface area contributed by atoms with Gasteiger partial charge < -0.3 is 30.2 Å². The first-order valence-corrected chi connectivity index (χ1v) is 18.3. The van der Waals surface area contributed by atoms with Gasteiger partial charge in [-0.05, 0) is 47.4 Å². The lowest BCUT2D eigenvalue weighted by atomic mass is 10.0. The zero-order valence-corrected chi connectivity index (χ0v) is 28.5. The molecule has 2 aromatic heterocycles. The Morgan fingerprint density at radius 2 is 1.49 bits per heavy atom. The number of hydrogen-bond donors (Lipinski definition) is 4. The lowest BCUT2D eigenvalue weighted by Crippen LogP contribution is -2.51. The van der Waals surface area contributed by atoms with Crippen molar-refractivity contribution < 1.29 is 14.3 Å². The molecule has 3 aliphatic rings. The summed E-state index contributed by atoms with van der Waals surface area (Å²) in [5.41, 5.74) is 6.34. The van der Waals surface area contributed by atoms with Crippen molar-refractivity contribution in [2.45, 2.75) is 55.3 Å². The number of methoxy groups -OCH3 is 1. The van der Waals surface area contributed by atoms with E-state index in [1.54, 1.807) is 0 Å². The molecule has 5 heterocycles. The highest BCUT2D eigenvalue weighted by Gasteiger charge is 2.44. The van der Waals surface area contributed by atoms with Gasteiger partial charge in [0.15, 0.2) is 0 Å². The van der Waals surface area contributed by atoms with Crippen molar-refractivity contribution in [1.82, 2.24) is 35.5 Å². The van der Waals surface area contributed by atoms with Crippen molar-refractivity contribution >= 4 is 35.5 Å². The number of H-pyrrole nitrogens is 2. The van der Waals surface area contributed by atoms with Crippen LogP contribution in [0.5, 0.6) is 0 Å². The molecule has 0 saturated carbocycles. The molecule has 1 spiro atoms. The fraction of sp³-hybridized carbons (Fsp3) is 0.429. The number of aromatic amines is 2. The van der Waals surface area contributed by atoms with Crippen molar-refractivity contribution in [3.8, 4) is 33.6 Å². The van der Waals surface area contributed by atoms with Crippen LogP contribution in [0.25, 0.3) is 33.6 Å². The molecule has 3 aliphatic heterocycles. The number of hydrogen-bond acceptors (Lipinski definition) is 8. The number of carbonyl (C=O) groups is 2. The standard InChI is InChI=1S/C35H41N7O3S2/c1-21(2)30(41-34(44)45-3)33(43)42-14-4-5-29(42)32-37-19-28(40-32)25-12-8-23(9-13-25)22-6-10-24(11-7-22)27-18-36-31(39-27)26-17-35(20-38-26)46-15-16-47-35/h6-13,18-19,21,26,29-30,38H,4-5,14-17,20H2,1-3H3,(H,36,39)(H,37,40)(H,41,44)/t26-,29-,30-/m0/s1. The predicted octanol–water partition coefficient (Wildman–Crippen LogP) is 6.39. The van der Waals surface area contributed by atoms with E-state index in [1.165, 1.54) is 18.6 Å². The summed E-state index contributed by atoms with van der Waals surface area (Å²) in [5, 5.41) is 6.38. The summed E-state index contributed by atoms with van der Waals surface area (Å²) in [5.74, 6) is 4.06. The van der Waals surface area contributed by atoms with Crippen LogP contribution in [0, 0.1) is 5.92 Å². The zero-order chi connectivity index (χ0) is 32.5. The molecule has 3 atom stereocenters. The molecular formula is C35H41N7O3S2. The molecule has 3 fully saturated rings. The van der Waals surface area contributed by atoms with Gasteiger partial charge in [0.1, 0.15) is 17.7 Å². The van der Waals surface area contributed by atoms with Crippen LogP contribution >= 0.6 is 23.5 Å². The fourth-order valence-electron chi connectivity index (χ4n) is 6.83. The Balaban J connectivity index is 1.00. The first kappa shape index (κ1) is 31.8. The average molecular weight is 672 g/mol. The van der Waals surface area contributed by atoms with Crippen LogP contribution < -0.4 is 10.6 Å². The third-order valence-electron chi connectivity index (χ3n) is 9.44. The summed E-state index contributed by atoms with van der Waals surface area (Å²) in [7, 11) is 1.30. The number of amides is 2. The number of nitrogens with one attached hydrogen (secondary N) is 4. The Kier molecular flexibility index (Phi) is 9.08. The van der Waals surface area contributed by atoms with Crippen LogP contribution in [-0.2, 0) is 9.53 Å². The number of rotatable bonds is 8. The molecule has 2 amide bonds. The molecule has 47 heavy (non-hydrogen) atoms. The largest absolute Gasteiger partial charge is 0.453 e. The summed E-state index contributed by atoms with van der Waals surface area (Å²) in [6.07, 6.45) is 5.97. The Bertz CT molecular complexity index is 1710. The van der Waals surface area contributed by atoms with Crippen molar-refractivity contribution in [2.75, 3.05) is 31.7 Å². The smallest absolute Gasteiger partial charge is 0.407 e. The zero-order valence-electron chi connectivity index (χ0n) is 26.9. The molecule has 3 saturated heterocycles. The normalized spacial score (nSPS) is 21.1. The molecule has 0 unspecified atom stereocenters. The van der Waals surface area contributed by atoms with Gasteiger partial charge in [-0.1, -0.05) is 62.4 Å². The third-order valence-corrected chi connectivity index (χ3v) is 12.9. The van der Waals surface area contributed by atoms with Crippen molar-refractivity contribution in [1.29, 1.82) is 0 Å². The first-order valence-electron chi connectivity index (χ1n) is 16.3. The van der Waals surface area contributed by atoms with Gasteiger partial charge in [0.2, 0.25) is 5.91 Å². The average Bonchev–Trinajstić information content (AvgIpc) is 3.94. The summed E-state index contributed by atoms with van der Waals surface area (Å²) in [6, 6.07) is 16.5. The number of imidazole rings is 2. The molecule has 7 rings (SSSR count). The topological polar surface area (TPSA) is 128 Å². The van der Waals surface area contributed by atoms with Crippen LogP contribution in [0.3, 0.4) is 0 Å². The molecule has 246 valence electrons. The summed E-state index contributed by atoms with van der Waals surface area (Å²) in [4.78, 5) is 43.6. The highest BCUT2D eigenvalue weighted by atomic mass is 32.2. The van der Waals surface area contributed by atoms with Gasteiger partial charge in [-0.2, -0.15) is 0 Å². The Hall–Kier alpha value is -3.74. The van der Waals surface area contributed by atoms with Gasteiger partial charge >= 0.3 is 6.09 Å². The maximum absolute atomic E-state index is 13.5. The lowest BCUT2D eigenvalue weighted by Gasteiger charge is -2.30. The fourth-order valence-corrected chi connectivity index (χ4v) is 10.0. The number of carbonyl (C=O) groups excluding carboxylic acids is 2. The molecule has 0 aliphatic carbocycles. The molecular weight excluding hydrogens is 631 g/mol. The number of aromatic nitrogens is 4. The van der Waals surface area contributed by atoms with E-state index in [1.807, 2.05) is 31.1 Å². The van der Waals surface area contributed by atoms with Crippen molar-refractivity contribution in [3.05, 3.63) is 72.6 Å². The number of ether oxygens (including phenoxy) is 1. The van der Waals surface area contributed by atoms with E-state index < -0.39 is 12.1 Å². The summed E-state index contributed by atoms with van der Waals surface area (Å²) in [6.45, 7) is 5.49. The lowest BCUT2D eigenvalue weighted by molar-refractivity contribution is -0.135. The molecule has 10 nitrogen and oxygen atoms in total. The van der Waals surface area contributed by atoms with E-state index in [2.05, 4.69) is 97.6 Å². The highest BCUT2D eigenvalue weighted by molar-refractivity contribution is 8.21. The van der Waals surface area contributed by atoms with Gasteiger partial charge in [0.05, 0.1) is 47.1 Å². The highest BCUT2D eigenvalue weighted by Crippen LogP contribution is 2.51. The van der Waals surface area contributed by atoms with Gasteiger partial charge in [0, 0.05) is 24.6 Å². The van der Waals surface area contributed by atoms with Crippen LogP contribution in [0.1, 0.15) is 56.8 Å². The monoisotopic (exact) mass is 671 g/mol. The van der Waals surface area contributed by atoms with Crippen LogP contribution in [0.4, 0.5) is 4.79 Å². The first-order chi connectivity index (χ1) is 22.8. The van der Waals surface area contributed by atoms with Crippen LogP contribution in [-0.4, -0.2) is 78.7 Å². The predicted molar refractivity (Wildman–Crippen MR) is 188 cm³/mol. The van der Waals surface area contributed by atoms with E-state index in [0.717, 1.165) is 71.1 Å². The molecule has 4 aromatic rings. The third kappa shape index (κ3) is 6.55. The molecule has 12 heteroatoms. The number of alkyl carbamates (subject to hydrolysis) is 1. The van der Waals surface area contributed by atoms with Gasteiger partial charge in [-0.3, -0.25) is 4.79 Å². The van der Waals surface area contributed by atoms with Gasteiger partial charge in [0.25, 0.3) is 0 Å². The van der Waals surface area contributed by atoms with E-state index in [-0.39, 0.29) is 23.9 Å². The molecule has 0 radical (unpaired) electrons. The maximum atomic E-state index is 13.5. The molecule has 2 aromatic carbocycles. The minimum absolute atomic E-state index is 0.0786. The second kappa shape index (κ2) is 13.4. The summed E-state index contributed by atoms with van der Waals surface area (Å²) < 4.78 is 5.07. The minimum Gasteiger partial charge on any atom is -0.453 e. The Morgan fingerprint density at radius 1 is 0.915 bits per heavy atom. The van der Waals surface area contributed by atoms with Crippen molar-refractivity contribution in [2.24, 2.45) is 5.92 Å². The second-order valence-corrected chi connectivity index (χ2v) is 16.0. The van der Waals surface area contributed by atoms with Gasteiger partial charge in [-0.25, -0.2) is 14.8 Å². The van der Waals surface area contributed by atoms with Crippen LogP contribution in [0.15, 0.2) is 60.9 Å². The quantitative estimate of drug-likeness (QED) is 0.170. The number of thioether (sulfide) groups is 2.